The molecule has 5 nitrogen and oxygen atoms in total. The lowest BCUT2D eigenvalue weighted by atomic mass is 9.85. The van der Waals surface area contributed by atoms with Gasteiger partial charge < -0.3 is 15.3 Å². The van der Waals surface area contributed by atoms with Crippen molar-refractivity contribution in [3.8, 4) is 0 Å². The highest BCUT2D eigenvalue weighted by Gasteiger charge is 2.44. The van der Waals surface area contributed by atoms with E-state index in [1.165, 1.54) is 5.56 Å². The van der Waals surface area contributed by atoms with Gasteiger partial charge >= 0.3 is 6.09 Å². The van der Waals surface area contributed by atoms with Gasteiger partial charge in [0.15, 0.2) is 0 Å². The summed E-state index contributed by atoms with van der Waals surface area (Å²) in [7, 11) is 0. The molecule has 2 amide bonds. The van der Waals surface area contributed by atoms with Crippen molar-refractivity contribution in [1.82, 2.24) is 10.2 Å². The number of piperidine rings is 1. The third-order valence-corrected chi connectivity index (χ3v) is 5.49. The van der Waals surface area contributed by atoms with Crippen LogP contribution in [0.25, 0.3) is 0 Å². The number of carbonyl (C=O) groups excluding carboxylic acids is 1. The number of benzene rings is 1. The number of fused-ring (bicyclic) bond motifs is 2. The Hall–Kier alpha value is -1.75. The number of halogens is 1. The van der Waals surface area contributed by atoms with Gasteiger partial charge in [-0.15, -0.1) is 0 Å². The molecule has 6 heteroatoms. The van der Waals surface area contributed by atoms with Gasteiger partial charge in [0.25, 0.3) is 0 Å². The quantitative estimate of drug-likeness (QED) is 0.875. The normalized spacial score (nSPS) is 26.9. The second kappa shape index (κ2) is 7.01. The summed E-state index contributed by atoms with van der Waals surface area (Å²) in [6.07, 6.45) is 3.88. The summed E-state index contributed by atoms with van der Waals surface area (Å²) in [5.74, 6) is 0.477. The minimum absolute atomic E-state index is 0.0881. The van der Waals surface area contributed by atoms with Crippen molar-refractivity contribution >= 4 is 23.6 Å². The van der Waals surface area contributed by atoms with E-state index in [1.807, 2.05) is 17.0 Å². The van der Waals surface area contributed by atoms with Crippen LogP contribution in [0.1, 0.15) is 38.2 Å². The molecule has 0 aliphatic carbocycles. The van der Waals surface area contributed by atoms with Gasteiger partial charge in [0, 0.05) is 17.1 Å². The summed E-state index contributed by atoms with van der Waals surface area (Å²) in [6, 6.07) is 7.78. The van der Waals surface area contributed by atoms with Crippen LogP contribution in [0.4, 0.5) is 4.79 Å². The van der Waals surface area contributed by atoms with Crippen LogP contribution >= 0.6 is 11.6 Å². The smallest absolute Gasteiger partial charge is 0.405 e. The highest BCUT2D eigenvalue weighted by atomic mass is 35.5. The predicted octanol–water partition coefficient (Wildman–Crippen LogP) is 3.31. The summed E-state index contributed by atoms with van der Waals surface area (Å²) in [5.41, 5.74) is 1.28. The maximum absolute atomic E-state index is 12.6. The summed E-state index contributed by atoms with van der Waals surface area (Å²) in [5, 5.41) is 11.8. The number of hydrogen-bond donors (Lipinski definition) is 2. The van der Waals surface area contributed by atoms with E-state index >= 15 is 0 Å². The number of rotatable bonds is 4. The number of amides is 2. The lowest BCUT2D eigenvalue weighted by Crippen LogP contribution is -2.53. The zero-order valence-corrected chi connectivity index (χ0v) is 14.5. The average molecular weight is 351 g/mol. The molecular weight excluding hydrogens is 328 g/mol. The van der Waals surface area contributed by atoms with Gasteiger partial charge in [-0.25, -0.2) is 4.79 Å². The molecule has 2 fully saturated rings. The van der Waals surface area contributed by atoms with Gasteiger partial charge in [0.2, 0.25) is 5.91 Å². The Labute approximate surface area is 147 Å². The maximum atomic E-state index is 12.6. The first-order chi connectivity index (χ1) is 11.4. The Kier molecular flexibility index (Phi) is 4.99. The number of carboxylic acid groups (broad SMARTS) is 1. The first kappa shape index (κ1) is 17.1. The first-order valence-corrected chi connectivity index (χ1v) is 8.88. The van der Waals surface area contributed by atoms with Crippen molar-refractivity contribution in [3.05, 3.63) is 34.9 Å². The van der Waals surface area contributed by atoms with Gasteiger partial charge in [-0.2, -0.15) is 0 Å². The fourth-order valence-corrected chi connectivity index (χ4v) is 4.37. The average Bonchev–Trinajstić information content (AvgIpc) is 2.79. The minimum Gasteiger partial charge on any atom is -0.465 e. The van der Waals surface area contributed by atoms with Gasteiger partial charge in [0.1, 0.15) is 6.04 Å². The molecule has 3 rings (SSSR count). The van der Waals surface area contributed by atoms with Crippen LogP contribution < -0.4 is 5.32 Å². The number of hydrogen-bond acceptors (Lipinski definition) is 2. The molecule has 3 unspecified atom stereocenters. The molecule has 0 spiro atoms. The monoisotopic (exact) mass is 350 g/mol. The van der Waals surface area contributed by atoms with E-state index in [4.69, 9.17) is 16.7 Å². The molecule has 2 aliphatic rings. The molecule has 130 valence electrons. The van der Waals surface area contributed by atoms with Crippen LogP contribution in [0.15, 0.2) is 24.3 Å². The van der Waals surface area contributed by atoms with Crippen LogP contribution in [-0.4, -0.2) is 40.1 Å². The summed E-state index contributed by atoms with van der Waals surface area (Å²) < 4.78 is 0. The fraction of sp³-hybridized carbons (Fsp3) is 0.556. The zero-order chi connectivity index (χ0) is 17.3. The highest BCUT2D eigenvalue weighted by Crippen LogP contribution is 2.40. The largest absolute Gasteiger partial charge is 0.465 e. The zero-order valence-electron chi connectivity index (χ0n) is 13.7. The molecule has 2 bridgehead atoms. The Morgan fingerprint density at radius 1 is 1.25 bits per heavy atom. The Morgan fingerprint density at radius 3 is 2.38 bits per heavy atom. The van der Waals surface area contributed by atoms with Gasteiger partial charge in [-0.1, -0.05) is 23.7 Å². The predicted molar refractivity (Wildman–Crippen MR) is 92.2 cm³/mol. The molecule has 0 saturated carbocycles. The van der Waals surface area contributed by atoms with E-state index in [9.17, 15) is 9.59 Å². The van der Waals surface area contributed by atoms with Crippen LogP contribution in [0.5, 0.6) is 0 Å². The van der Waals surface area contributed by atoms with Crippen LogP contribution in [0, 0.1) is 5.92 Å². The van der Waals surface area contributed by atoms with Crippen LogP contribution in [-0.2, 0) is 11.2 Å². The Balaban J connectivity index is 1.62. The van der Waals surface area contributed by atoms with E-state index in [1.54, 1.807) is 6.92 Å². The van der Waals surface area contributed by atoms with E-state index < -0.39 is 12.1 Å². The minimum atomic E-state index is -1.15. The second-order valence-electron chi connectivity index (χ2n) is 6.97. The van der Waals surface area contributed by atoms with Gasteiger partial charge in [-0.05, 0) is 62.6 Å². The molecule has 2 saturated heterocycles. The highest BCUT2D eigenvalue weighted by molar-refractivity contribution is 6.30. The summed E-state index contributed by atoms with van der Waals surface area (Å²) in [4.78, 5) is 25.3. The third kappa shape index (κ3) is 3.66. The van der Waals surface area contributed by atoms with Crippen molar-refractivity contribution in [3.63, 3.8) is 0 Å². The molecule has 2 aliphatic heterocycles. The van der Waals surface area contributed by atoms with Crippen molar-refractivity contribution in [2.45, 2.75) is 57.2 Å². The lowest BCUT2D eigenvalue weighted by molar-refractivity contribution is -0.138. The van der Waals surface area contributed by atoms with Crippen molar-refractivity contribution in [1.29, 1.82) is 0 Å². The third-order valence-electron chi connectivity index (χ3n) is 5.23. The summed E-state index contributed by atoms with van der Waals surface area (Å²) >= 11 is 5.94. The molecule has 24 heavy (non-hydrogen) atoms. The number of carbonyl (C=O) groups is 2. The lowest BCUT2D eigenvalue weighted by Gasteiger charge is -2.40. The molecule has 1 aromatic carbocycles. The number of nitrogens with one attached hydrogen (secondary N) is 1. The van der Waals surface area contributed by atoms with Crippen molar-refractivity contribution in [2.75, 3.05) is 0 Å². The number of nitrogens with zero attached hydrogens (tertiary/aromatic N) is 1. The topological polar surface area (TPSA) is 69.6 Å². The van der Waals surface area contributed by atoms with Gasteiger partial charge in [-0.3, -0.25) is 4.79 Å². The van der Waals surface area contributed by atoms with Gasteiger partial charge in [0.05, 0.1) is 0 Å². The standard InChI is InChI=1S/C18H23ClN2O3/c1-11(20-18(23)24)17(22)21-15-6-7-16(21)10-13(9-15)8-12-2-4-14(19)5-3-12/h2-5,11,13,15-16,20H,6-10H2,1H3,(H,23,24). The Morgan fingerprint density at radius 2 is 1.83 bits per heavy atom. The van der Waals surface area contributed by atoms with Crippen molar-refractivity contribution < 1.29 is 14.7 Å². The van der Waals surface area contributed by atoms with E-state index in [0.29, 0.717) is 5.92 Å². The maximum Gasteiger partial charge on any atom is 0.405 e. The van der Waals surface area contributed by atoms with E-state index in [2.05, 4.69) is 17.4 Å². The molecular formula is C18H23ClN2O3. The van der Waals surface area contributed by atoms with Crippen LogP contribution in [0.3, 0.4) is 0 Å². The van der Waals surface area contributed by atoms with E-state index in [0.717, 1.165) is 37.1 Å². The molecule has 0 aromatic heterocycles. The Bertz CT molecular complexity index is 605. The van der Waals surface area contributed by atoms with E-state index in [-0.39, 0.29) is 18.0 Å². The molecule has 3 atom stereocenters. The molecule has 2 heterocycles. The summed E-state index contributed by atoms with van der Waals surface area (Å²) in [6.45, 7) is 1.62. The SMILES string of the molecule is CC(NC(=O)O)C(=O)N1C2CCC1CC(Cc1ccc(Cl)cc1)C2. The first-order valence-electron chi connectivity index (χ1n) is 8.50. The molecule has 0 radical (unpaired) electrons. The van der Waals surface area contributed by atoms with Crippen LogP contribution in [0.2, 0.25) is 5.02 Å². The second-order valence-corrected chi connectivity index (χ2v) is 7.41. The van der Waals surface area contributed by atoms with Crippen molar-refractivity contribution in [2.24, 2.45) is 5.92 Å². The fourth-order valence-electron chi connectivity index (χ4n) is 4.24. The molecule has 2 N–H and O–H groups in total. The molecule has 1 aromatic rings.